The highest BCUT2D eigenvalue weighted by molar-refractivity contribution is 5.64. The van der Waals surface area contributed by atoms with E-state index >= 15 is 0 Å². The summed E-state index contributed by atoms with van der Waals surface area (Å²) in [7, 11) is 3.03. The van der Waals surface area contributed by atoms with Gasteiger partial charge in [-0.25, -0.2) is 0 Å². The summed E-state index contributed by atoms with van der Waals surface area (Å²) >= 11 is 0. The molecule has 2 aromatic rings. The van der Waals surface area contributed by atoms with Crippen LogP contribution in [0.3, 0.4) is 0 Å². The van der Waals surface area contributed by atoms with Crippen LogP contribution in [-0.4, -0.2) is 29.2 Å². The smallest absolute Gasteiger partial charge is 0.322 e. The molecule has 18 heavy (non-hydrogen) atoms. The summed E-state index contributed by atoms with van der Waals surface area (Å²) < 4.78 is 10.1. The number of methoxy groups -OCH3 is 2. The number of benzene rings is 1. The van der Waals surface area contributed by atoms with E-state index in [1.807, 2.05) is 32.0 Å². The van der Waals surface area contributed by atoms with E-state index in [1.54, 1.807) is 0 Å². The van der Waals surface area contributed by atoms with Gasteiger partial charge < -0.3 is 9.47 Å². The fourth-order valence-corrected chi connectivity index (χ4v) is 1.80. The van der Waals surface area contributed by atoms with Crippen LogP contribution in [-0.2, 0) is 0 Å². The third-order valence-corrected chi connectivity index (χ3v) is 2.66. The van der Waals surface area contributed by atoms with Gasteiger partial charge in [0.15, 0.2) is 5.82 Å². The Hall–Kier alpha value is -2.17. The Balaban J connectivity index is 2.63. The molecule has 0 aliphatic rings. The Kier molecular flexibility index (Phi) is 3.41. The van der Waals surface area contributed by atoms with Gasteiger partial charge in [0.25, 0.3) is 0 Å². The van der Waals surface area contributed by atoms with Crippen molar-refractivity contribution in [2.75, 3.05) is 14.2 Å². The molecule has 0 saturated heterocycles. The van der Waals surface area contributed by atoms with Crippen molar-refractivity contribution in [3.8, 4) is 23.4 Å². The average Bonchev–Trinajstić information content (AvgIpc) is 2.38. The molecule has 94 valence electrons. The van der Waals surface area contributed by atoms with E-state index in [2.05, 4.69) is 15.0 Å². The Morgan fingerprint density at radius 2 is 1.33 bits per heavy atom. The molecule has 0 aliphatic carbocycles. The summed E-state index contributed by atoms with van der Waals surface area (Å²) in [6, 6.07) is 6.54. The van der Waals surface area contributed by atoms with Crippen LogP contribution in [0.5, 0.6) is 12.0 Å². The Morgan fingerprint density at radius 1 is 0.833 bits per heavy atom. The molecule has 0 saturated carbocycles. The van der Waals surface area contributed by atoms with Gasteiger partial charge in [-0.3, -0.25) is 0 Å². The lowest BCUT2D eigenvalue weighted by molar-refractivity contribution is 0.341. The van der Waals surface area contributed by atoms with Crippen molar-refractivity contribution in [3.63, 3.8) is 0 Å². The van der Waals surface area contributed by atoms with Crippen molar-refractivity contribution in [2.24, 2.45) is 0 Å². The minimum Gasteiger partial charge on any atom is -0.467 e. The van der Waals surface area contributed by atoms with Gasteiger partial charge in [-0.1, -0.05) is 18.2 Å². The van der Waals surface area contributed by atoms with E-state index < -0.39 is 0 Å². The number of nitrogens with zero attached hydrogens (tertiary/aromatic N) is 3. The van der Waals surface area contributed by atoms with Crippen LogP contribution in [0.1, 0.15) is 11.1 Å². The quantitative estimate of drug-likeness (QED) is 0.829. The van der Waals surface area contributed by atoms with Crippen LogP contribution >= 0.6 is 0 Å². The van der Waals surface area contributed by atoms with Crippen LogP contribution in [0.25, 0.3) is 11.4 Å². The van der Waals surface area contributed by atoms with Crippen LogP contribution < -0.4 is 9.47 Å². The lowest BCUT2D eigenvalue weighted by Gasteiger charge is -2.09. The van der Waals surface area contributed by atoms with E-state index in [0.717, 1.165) is 16.7 Å². The number of ether oxygens (including phenoxy) is 2. The predicted molar refractivity (Wildman–Crippen MR) is 67.8 cm³/mol. The van der Waals surface area contributed by atoms with Crippen molar-refractivity contribution in [2.45, 2.75) is 13.8 Å². The summed E-state index contributed by atoms with van der Waals surface area (Å²) in [6.07, 6.45) is 0. The molecule has 2 rings (SSSR count). The van der Waals surface area contributed by atoms with Gasteiger partial charge >= 0.3 is 12.0 Å². The number of aromatic nitrogens is 3. The first-order valence-electron chi connectivity index (χ1n) is 5.56. The molecule has 0 radical (unpaired) electrons. The number of hydrogen-bond donors (Lipinski definition) is 0. The van der Waals surface area contributed by atoms with Crippen molar-refractivity contribution >= 4 is 0 Å². The summed E-state index contributed by atoms with van der Waals surface area (Å²) in [5.41, 5.74) is 3.19. The molecule has 1 aromatic heterocycles. The molecule has 1 aromatic carbocycles. The Bertz CT molecular complexity index is 528. The first-order chi connectivity index (χ1) is 8.65. The fraction of sp³-hybridized carbons (Fsp3) is 0.308. The van der Waals surface area contributed by atoms with E-state index in [4.69, 9.17) is 9.47 Å². The third kappa shape index (κ3) is 2.25. The minimum atomic E-state index is 0.250. The molecule has 0 N–H and O–H groups in total. The monoisotopic (exact) mass is 245 g/mol. The molecule has 5 heteroatoms. The van der Waals surface area contributed by atoms with Crippen molar-refractivity contribution in [1.82, 2.24) is 15.0 Å². The van der Waals surface area contributed by atoms with Crippen LogP contribution in [0.4, 0.5) is 0 Å². The fourth-order valence-electron chi connectivity index (χ4n) is 1.80. The van der Waals surface area contributed by atoms with Gasteiger partial charge in [0.2, 0.25) is 0 Å². The van der Waals surface area contributed by atoms with Gasteiger partial charge in [0.1, 0.15) is 0 Å². The van der Waals surface area contributed by atoms with E-state index in [9.17, 15) is 0 Å². The molecule has 0 fully saturated rings. The van der Waals surface area contributed by atoms with Gasteiger partial charge in [-0.15, -0.1) is 4.98 Å². The summed E-state index contributed by atoms with van der Waals surface area (Å²) in [5.74, 6) is 0.564. The van der Waals surface area contributed by atoms with Crippen LogP contribution in [0, 0.1) is 13.8 Å². The average molecular weight is 245 g/mol. The Morgan fingerprint density at radius 3 is 1.78 bits per heavy atom. The highest BCUT2D eigenvalue weighted by atomic mass is 16.5. The van der Waals surface area contributed by atoms with E-state index in [1.165, 1.54) is 14.2 Å². The number of rotatable bonds is 3. The van der Waals surface area contributed by atoms with Crippen LogP contribution in [0.2, 0.25) is 0 Å². The molecular weight excluding hydrogens is 230 g/mol. The summed E-state index contributed by atoms with van der Waals surface area (Å²) in [4.78, 5) is 12.5. The molecule has 5 nitrogen and oxygen atoms in total. The zero-order chi connectivity index (χ0) is 13.1. The van der Waals surface area contributed by atoms with Gasteiger partial charge in [0, 0.05) is 5.56 Å². The maximum absolute atomic E-state index is 5.06. The summed E-state index contributed by atoms with van der Waals surface area (Å²) in [5, 5.41) is 0. The molecule has 0 amide bonds. The first kappa shape index (κ1) is 12.3. The number of aryl methyl sites for hydroxylation is 2. The lowest BCUT2D eigenvalue weighted by Crippen LogP contribution is -2.02. The van der Waals surface area contributed by atoms with Gasteiger partial charge in [0.05, 0.1) is 14.2 Å². The largest absolute Gasteiger partial charge is 0.467 e. The molecule has 0 aliphatic heterocycles. The molecule has 0 spiro atoms. The van der Waals surface area contributed by atoms with E-state index in [0.29, 0.717) is 5.82 Å². The van der Waals surface area contributed by atoms with E-state index in [-0.39, 0.29) is 12.0 Å². The summed E-state index contributed by atoms with van der Waals surface area (Å²) in [6.45, 7) is 4.04. The zero-order valence-electron chi connectivity index (χ0n) is 10.9. The van der Waals surface area contributed by atoms with Crippen molar-refractivity contribution < 1.29 is 9.47 Å². The maximum atomic E-state index is 5.06. The second kappa shape index (κ2) is 5.00. The molecular formula is C13H15N3O2. The maximum Gasteiger partial charge on any atom is 0.322 e. The lowest BCUT2D eigenvalue weighted by atomic mass is 10.0. The topological polar surface area (TPSA) is 57.1 Å². The second-order valence-corrected chi connectivity index (χ2v) is 3.90. The van der Waals surface area contributed by atoms with Crippen molar-refractivity contribution in [3.05, 3.63) is 29.3 Å². The highest BCUT2D eigenvalue weighted by Crippen LogP contribution is 2.26. The first-order valence-corrected chi connectivity index (χ1v) is 5.56. The molecule has 0 unspecified atom stereocenters. The van der Waals surface area contributed by atoms with Gasteiger partial charge in [-0.2, -0.15) is 9.97 Å². The third-order valence-electron chi connectivity index (χ3n) is 2.66. The Labute approximate surface area is 106 Å². The normalized spacial score (nSPS) is 10.2. The highest BCUT2D eigenvalue weighted by Gasteiger charge is 2.13. The van der Waals surface area contributed by atoms with Crippen LogP contribution in [0.15, 0.2) is 18.2 Å². The second-order valence-electron chi connectivity index (χ2n) is 3.90. The molecule has 1 heterocycles. The number of hydrogen-bond acceptors (Lipinski definition) is 5. The van der Waals surface area contributed by atoms with Crippen molar-refractivity contribution in [1.29, 1.82) is 0 Å². The molecule has 0 bridgehead atoms. The predicted octanol–water partition coefficient (Wildman–Crippen LogP) is 2.17. The standard InChI is InChI=1S/C13H15N3O2/c1-8-6-5-7-9(2)10(8)11-14-12(17-3)16-13(15-11)18-4/h5-7H,1-4H3. The van der Waals surface area contributed by atoms with Gasteiger partial charge in [-0.05, 0) is 25.0 Å². The zero-order valence-corrected chi connectivity index (χ0v) is 10.9. The minimum absolute atomic E-state index is 0.250. The SMILES string of the molecule is COc1nc(OC)nc(-c2c(C)cccc2C)n1. The molecule has 0 atom stereocenters.